The highest BCUT2D eigenvalue weighted by molar-refractivity contribution is 5.92. The van der Waals surface area contributed by atoms with Crippen molar-refractivity contribution in [2.45, 2.75) is 97.9 Å². The first kappa shape index (κ1) is 29.0. The third-order valence-corrected chi connectivity index (χ3v) is 5.04. The quantitative estimate of drug-likeness (QED) is 0.408. The Kier molecular flexibility index (Phi) is 10.6. The minimum absolute atomic E-state index is 0.280. The number of nitrogens with one attached hydrogen (secondary N) is 2. The van der Waals surface area contributed by atoms with Crippen LogP contribution in [0.5, 0.6) is 0 Å². The van der Waals surface area contributed by atoms with Crippen molar-refractivity contribution in [1.82, 2.24) is 15.5 Å². The van der Waals surface area contributed by atoms with E-state index in [1.54, 1.807) is 52.0 Å². The van der Waals surface area contributed by atoms with Crippen molar-refractivity contribution >= 4 is 17.9 Å². The normalized spacial score (nSPS) is 13.3. The summed E-state index contributed by atoms with van der Waals surface area (Å²) in [7, 11) is 0. The molecule has 2 N–H and O–H groups in total. The van der Waals surface area contributed by atoms with Gasteiger partial charge in [-0.2, -0.15) is 0 Å². The number of benzene rings is 1. The standard InChI is InChI=1S/C27H41N3O4/c1-10-12-13-18-28-23(31)22(21-16-14-20(11-2)15-17-21)30(26(4,5)6)24(32)19(3)29-25(33)34-27(7,8)9/h2,14-17,19,22H,10,12-13,18H2,1,3-9H3,(H,28,31)(H,29,33). The van der Waals surface area contributed by atoms with Gasteiger partial charge in [0, 0.05) is 17.6 Å². The second kappa shape index (κ2) is 12.5. The monoisotopic (exact) mass is 471 g/mol. The van der Waals surface area contributed by atoms with Gasteiger partial charge in [-0.25, -0.2) is 4.79 Å². The van der Waals surface area contributed by atoms with E-state index in [0.717, 1.165) is 19.3 Å². The second-order valence-electron chi connectivity index (χ2n) is 10.4. The van der Waals surface area contributed by atoms with Crippen molar-refractivity contribution in [3.8, 4) is 12.3 Å². The van der Waals surface area contributed by atoms with Gasteiger partial charge in [0.05, 0.1) is 0 Å². The minimum atomic E-state index is -0.908. The Morgan fingerprint density at radius 1 is 1.06 bits per heavy atom. The number of rotatable bonds is 9. The summed E-state index contributed by atoms with van der Waals surface area (Å²) in [5.74, 6) is 1.89. The molecule has 188 valence electrons. The van der Waals surface area contributed by atoms with Gasteiger partial charge in [0.1, 0.15) is 17.7 Å². The Labute approximate surface area is 205 Å². The lowest BCUT2D eigenvalue weighted by Gasteiger charge is -2.42. The van der Waals surface area contributed by atoms with Crippen LogP contribution in [0.3, 0.4) is 0 Å². The summed E-state index contributed by atoms with van der Waals surface area (Å²) in [6.45, 7) is 15.0. The summed E-state index contributed by atoms with van der Waals surface area (Å²) in [5.41, 5.74) is -0.105. The average molecular weight is 472 g/mol. The number of carbonyl (C=O) groups is 3. The third-order valence-electron chi connectivity index (χ3n) is 5.04. The van der Waals surface area contributed by atoms with Crippen molar-refractivity contribution in [2.75, 3.05) is 6.54 Å². The SMILES string of the molecule is C#Cc1ccc(C(C(=O)NCCCCC)N(C(=O)C(C)NC(=O)OC(C)(C)C)C(C)(C)C)cc1. The van der Waals surface area contributed by atoms with Gasteiger partial charge in [0.15, 0.2) is 0 Å². The molecule has 0 saturated carbocycles. The number of unbranched alkanes of at least 4 members (excludes halogenated alkanes) is 2. The molecule has 0 saturated heterocycles. The molecule has 34 heavy (non-hydrogen) atoms. The molecule has 3 amide bonds. The molecular formula is C27H41N3O4. The molecule has 0 radical (unpaired) electrons. The predicted octanol–water partition coefficient (Wildman–Crippen LogP) is 4.56. The number of carbonyl (C=O) groups excluding carboxylic acids is 3. The van der Waals surface area contributed by atoms with Crippen LogP contribution in [0.25, 0.3) is 0 Å². The summed E-state index contributed by atoms with van der Waals surface area (Å²) in [6, 6.07) is 5.23. The van der Waals surface area contributed by atoms with E-state index >= 15 is 0 Å². The molecule has 1 rings (SSSR count). The minimum Gasteiger partial charge on any atom is -0.444 e. The van der Waals surface area contributed by atoms with Crippen molar-refractivity contribution in [3.63, 3.8) is 0 Å². The summed E-state index contributed by atoms with van der Waals surface area (Å²) in [4.78, 5) is 40.9. The fourth-order valence-electron chi connectivity index (χ4n) is 3.46. The van der Waals surface area contributed by atoms with E-state index in [4.69, 9.17) is 11.2 Å². The van der Waals surface area contributed by atoms with Gasteiger partial charge in [-0.3, -0.25) is 9.59 Å². The second-order valence-corrected chi connectivity index (χ2v) is 10.4. The zero-order valence-corrected chi connectivity index (χ0v) is 22.0. The zero-order valence-electron chi connectivity index (χ0n) is 22.0. The molecule has 0 aliphatic rings. The van der Waals surface area contributed by atoms with Crippen molar-refractivity contribution in [2.24, 2.45) is 0 Å². The summed E-state index contributed by atoms with van der Waals surface area (Å²) in [5, 5.41) is 5.58. The topological polar surface area (TPSA) is 87.7 Å². The van der Waals surface area contributed by atoms with E-state index < -0.39 is 35.2 Å². The number of hydrogen-bond donors (Lipinski definition) is 2. The molecule has 0 aromatic heterocycles. The Bertz CT molecular complexity index is 873. The van der Waals surface area contributed by atoms with E-state index in [1.165, 1.54) is 4.90 Å². The van der Waals surface area contributed by atoms with Crippen LogP contribution in [0.1, 0.15) is 91.8 Å². The fraction of sp³-hybridized carbons (Fsp3) is 0.593. The smallest absolute Gasteiger partial charge is 0.408 e. The first-order valence-electron chi connectivity index (χ1n) is 11.9. The Balaban J connectivity index is 3.33. The highest BCUT2D eigenvalue weighted by Crippen LogP contribution is 2.30. The van der Waals surface area contributed by atoms with Crippen molar-refractivity contribution in [1.29, 1.82) is 0 Å². The lowest BCUT2D eigenvalue weighted by molar-refractivity contribution is -0.148. The highest BCUT2D eigenvalue weighted by Gasteiger charge is 2.40. The number of terminal acetylenes is 1. The summed E-state index contributed by atoms with van der Waals surface area (Å²) < 4.78 is 5.30. The highest BCUT2D eigenvalue weighted by atomic mass is 16.6. The van der Waals surface area contributed by atoms with Gasteiger partial charge >= 0.3 is 6.09 Å². The van der Waals surface area contributed by atoms with E-state index in [0.29, 0.717) is 17.7 Å². The molecule has 0 heterocycles. The third kappa shape index (κ3) is 9.09. The van der Waals surface area contributed by atoms with Gasteiger partial charge in [-0.1, -0.05) is 37.8 Å². The van der Waals surface area contributed by atoms with Crippen LogP contribution in [-0.4, -0.2) is 46.5 Å². The van der Waals surface area contributed by atoms with Gasteiger partial charge in [0.25, 0.3) is 0 Å². The summed E-state index contributed by atoms with van der Waals surface area (Å²) in [6.07, 6.45) is 7.69. The lowest BCUT2D eigenvalue weighted by Crippen LogP contribution is -2.58. The predicted molar refractivity (Wildman–Crippen MR) is 135 cm³/mol. The molecular weight excluding hydrogens is 430 g/mol. The molecule has 0 bridgehead atoms. The molecule has 1 aromatic rings. The average Bonchev–Trinajstić information content (AvgIpc) is 2.72. The van der Waals surface area contributed by atoms with Crippen LogP contribution in [0.15, 0.2) is 24.3 Å². The Morgan fingerprint density at radius 3 is 2.12 bits per heavy atom. The van der Waals surface area contributed by atoms with Crippen LogP contribution in [0, 0.1) is 12.3 Å². The number of hydrogen-bond acceptors (Lipinski definition) is 4. The first-order chi connectivity index (χ1) is 15.7. The molecule has 0 spiro atoms. The lowest BCUT2D eigenvalue weighted by atomic mass is 9.95. The molecule has 7 heteroatoms. The van der Waals surface area contributed by atoms with Crippen LogP contribution in [0.2, 0.25) is 0 Å². The molecule has 7 nitrogen and oxygen atoms in total. The van der Waals surface area contributed by atoms with Crippen LogP contribution in [-0.2, 0) is 14.3 Å². The Hall–Kier alpha value is -3.01. The van der Waals surface area contributed by atoms with Gasteiger partial charge < -0.3 is 20.3 Å². The van der Waals surface area contributed by atoms with Crippen molar-refractivity contribution < 1.29 is 19.1 Å². The Morgan fingerprint density at radius 2 is 1.65 bits per heavy atom. The number of nitrogens with zero attached hydrogens (tertiary/aromatic N) is 1. The maximum absolute atomic E-state index is 13.7. The van der Waals surface area contributed by atoms with Gasteiger partial charge in [0.2, 0.25) is 11.8 Å². The molecule has 2 atom stereocenters. The van der Waals surface area contributed by atoms with Crippen LogP contribution in [0.4, 0.5) is 4.79 Å². The van der Waals surface area contributed by atoms with Crippen molar-refractivity contribution in [3.05, 3.63) is 35.4 Å². The maximum Gasteiger partial charge on any atom is 0.408 e. The summed E-state index contributed by atoms with van der Waals surface area (Å²) >= 11 is 0. The largest absolute Gasteiger partial charge is 0.444 e. The van der Waals surface area contributed by atoms with E-state index in [2.05, 4.69) is 23.5 Å². The van der Waals surface area contributed by atoms with E-state index in [9.17, 15) is 14.4 Å². The molecule has 2 unspecified atom stereocenters. The first-order valence-corrected chi connectivity index (χ1v) is 11.9. The van der Waals surface area contributed by atoms with Gasteiger partial charge in [-0.05, 0) is 72.6 Å². The maximum atomic E-state index is 13.7. The number of ether oxygens (including phenoxy) is 1. The van der Waals surface area contributed by atoms with Crippen LogP contribution >= 0.6 is 0 Å². The number of alkyl carbamates (subject to hydrolysis) is 1. The molecule has 0 fully saturated rings. The van der Waals surface area contributed by atoms with E-state index in [1.807, 2.05) is 20.8 Å². The molecule has 1 aromatic carbocycles. The van der Waals surface area contributed by atoms with Gasteiger partial charge in [-0.15, -0.1) is 6.42 Å². The molecule has 0 aliphatic heterocycles. The van der Waals surface area contributed by atoms with E-state index in [-0.39, 0.29) is 5.91 Å². The zero-order chi connectivity index (χ0) is 26.1. The van der Waals surface area contributed by atoms with Crippen LogP contribution < -0.4 is 10.6 Å². The fourth-order valence-corrected chi connectivity index (χ4v) is 3.46. The molecule has 0 aliphatic carbocycles. The number of amides is 3.